The Morgan fingerprint density at radius 2 is 1.88 bits per heavy atom. The van der Waals surface area contributed by atoms with Crippen LogP contribution < -0.4 is 24.3 Å². The van der Waals surface area contributed by atoms with E-state index in [1.807, 2.05) is 50.4 Å². The molecular formula is C39H40N4O8. The van der Waals surface area contributed by atoms with Crippen LogP contribution in [0.1, 0.15) is 51.0 Å². The Morgan fingerprint density at radius 3 is 2.61 bits per heavy atom. The molecule has 0 spiro atoms. The molecule has 0 aromatic heterocycles. The number of hydrogen-bond donors (Lipinski definition) is 2. The largest absolute Gasteiger partial charge is 0.514 e. The number of piperazine rings is 1. The fourth-order valence-electron chi connectivity index (χ4n) is 8.40. The molecule has 3 aromatic carbocycles. The Kier molecular flexibility index (Phi) is 9.10. The van der Waals surface area contributed by atoms with Crippen LogP contribution in [0.2, 0.25) is 0 Å². The molecule has 4 aliphatic rings. The molecule has 4 heterocycles. The second kappa shape index (κ2) is 13.7. The van der Waals surface area contributed by atoms with Crippen LogP contribution in [0.4, 0.5) is 4.79 Å². The van der Waals surface area contributed by atoms with E-state index >= 15 is 0 Å². The van der Waals surface area contributed by atoms with Crippen LogP contribution in [0.25, 0.3) is 6.08 Å². The number of aryl methyl sites for hydroxylation is 1. The molecule has 1 fully saturated rings. The average molecular weight is 693 g/mol. The maximum Gasteiger partial charge on any atom is 0.514 e. The lowest BCUT2D eigenvalue weighted by Gasteiger charge is -2.60. The van der Waals surface area contributed by atoms with Crippen molar-refractivity contribution in [2.75, 3.05) is 34.1 Å². The van der Waals surface area contributed by atoms with Gasteiger partial charge in [-0.25, -0.2) is 4.79 Å². The van der Waals surface area contributed by atoms with E-state index in [1.165, 1.54) is 19.3 Å². The van der Waals surface area contributed by atoms with Gasteiger partial charge in [0.05, 0.1) is 25.3 Å². The van der Waals surface area contributed by atoms with Crippen LogP contribution >= 0.6 is 0 Å². The molecule has 2 bridgehead atoms. The quantitative estimate of drug-likeness (QED) is 0.142. The number of carbonyl (C=O) groups excluding carboxylic acids is 2. The summed E-state index contributed by atoms with van der Waals surface area (Å²) in [5, 5.41) is 25.7. The zero-order chi connectivity index (χ0) is 36.0. The van der Waals surface area contributed by atoms with Crippen molar-refractivity contribution in [1.29, 1.82) is 5.26 Å². The van der Waals surface area contributed by atoms with Gasteiger partial charge in [-0.15, -0.1) is 0 Å². The number of aromatic hydroxyl groups is 1. The van der Waals surface area contributed by atoms with Gasteiger partial charge in [-0.3, -0.25) is 14.6 Å². The van der Waals surface area contributed by atoms with Crippen LogP contribution in [0.15, 0.2) is 55.1 Å². The molecule has 12 nitrogen and oxygen atoms in total. The van der Waals surface area contributed by atoms with E-state index in [0.717, 1.165) is 22.3 Å². The topological polar surface area (TPSA) is 143 Å². The predicted octanol–water partition coefficient (Wildman–Crippen LogP) is 5.05. The lowest BCUT2D eigenvalue weighted by molar-refractivity contribution is -0.117. The van der Waals surface area contributed by atoms with Gasteiger partial charge < -0.3 is 34.1 Å². The molecule has 1 saturated heterocycles. The SMILES string of the molecule is C=CCOC(=O)Oc1c(C)c2c(c3c1CC1[C@H]4c5c(cc(C)c(OC)c5O)C[C@@H]([C@H](C#N)N1[C@H]3CNC(=O)C=Cc1ccccc1)N4C)OCO2. The van der Waals surface area contributed by atoms with Crippen molar-refractivity contribution in [2.24, 2.45) is 0 Å². The van der Waals surface area contributed by atoms with Crippen LogP contribution in [-0.4, -0.2) is 79.2 Å². The van der Waals surface area contributed by atoms with E-state index in [9.17, 15) is 20.0 Å². The zero-order valence-electron chi connectivity index (χ0n) is 29.0. The van der Waals surface area contributed by atoms with Crippen molar-refractivity contribution in [3.8, 4) is 34.8 Å². The molecule has 0 radical (unpaired) electrons. The molecule has 4 aliphatic heterocycles. The number of carbonyl (C=O) groups is 2. The summed E-state index contributed by atoms with van der Waals surface area (Å²) in [5.74, 6) is 1.31. The van der Waals surface area contributed by atoms with E-state index in [1.54, 1.807) is 13.0 Å². The summed E-state index contributed by atoms with van der Waals surface area (Å²) in [7, 11) is 3.51. The number of ether oxygens (including phenoxy) is 5. The van der Waals surface area contributed by atoms with Gasteiger partial charge >= 0.3 is 6.16 Å². The Balaban J connectivity index is 1.39. The third kappa shape index (κ3) is 5.72. The summed E-state index contributed by atoms with van der Waals surface area (Å²) in [4.78, 5) is 30.6. The molecule has 0 aliphatic carbocycles. The molecule has 7 rings (SSSR count). The normalized spacial score (nSPS) is 23.0. The van der Waals surface area contributed by atoms with Crippen LogP contribution in [0.5, 0.6) is 28.7 Å². The Hall–Kier alpha value is -5.51. The minimum Gasteiger partial charge on any atom is -0.504 e. The number of hydrogen-bond acceptors (Lipinski definition) is 11. The number of amides is 1. The maximum atomic E-state index is 13.4. The van der Waals surface area contributed by atoms with Crippen molar-refractivity contribution < 1.29 is 38.4 Å². The lowest BCUT2D eigenvalue weighted by atomic mass is 9.71. The van der Waals surface area contributed by atoms with Gasteiger partial charge in [0.1, 0.15) is 18.4 Å². The number of likely N-dealkylation sites (N-methyl/N-ethyl adjacent to an activating group) is 1. The fourth-order valence-corrected chi connectivity index (χ4v) is 8.40. The highest BCUT2D eigenvalue weighted by atomic mass is 16.7. The number of methoxy groups -OCH3 is 1. The zero-order valence-corrected chi connectivity index (χ0v) is 29.0. The standard InChI is InChI=1S/C39H40N4O8/c1-6-14-48-39(46)51-36-22(3)37-38(50-20-49-37)32-25(36)17-27-33-31-24(15-21(2)35(47-5)34(31)45)16-26(42(33)4)28(18-40)43(27)29(32)19-41-30(44)13-12-23-10-8-7-9-11-23/h6-13,15,26-29,33,45H,1,14,16-17,19-20H2,2-5H3,(H,41,44)/t26-,27?,28-,29-,33-/m0/s1. The van der Waals surface area contributed by atoms with Gasteiger partial charge in [0, 0.05) is 47.0 Å². The average Bonchev–Trinajstić information content (AvgIpc) is 3.62. The molecule has 1 unspecified atom stereocenters. The van der Waals surface area contributed by atoms with Crippen LogP contribution in [0.3, 0.4) is 0 Å². The minimum absolute atomic E-state index is 0.0401. The summed E-state index contributed by atoms with van der Waals surface area (Å²) in [6.07, 6.45) is 4.58. The summed E-state index contributed by atoms with van der Waals surface area (Å²) >= 11 is 0. The highest BCUT2D eigenvalue weighted by molar-refractivity contribution is 5.91. The molecule has 0 saturated carbocycles. The van der Waals surface area contributed by atoms with Crippen molar-refractivity contribution in [1.82, 2.24) is 15.1 Å². The smallest absolute Gasteiger partial charge is 0.504 e. The minimum atomic E-state index is -0.908. The van der Waals surface area contributed by atoms with E-state index in [-0.39, 0.29) is 43.4 Å². The first-order chi connectivity index (χ1) is 24.7. The molecule has 264 valence electrons. The highest BCUT2D eigenvalue weighted by Gasteiger charge is 2.57. The number of nitrogens with one attached hydrogen (secondary N) is 1. The summed E-state index contributed by atoms with van der Waals surface area (Å²) in [5.41, 5.74) is 5.25. The Labute approximate surface area is 296 Å². The van der Waals surface area contributed by atoms with Crippen molar-refractivity contribution in [3.05, 3.63) is 94.1 Å². The molecule has 12 heteroatoms. The van der Waals surface area contributed by atoms with Crippen molar-refractivity contribution >= 4 is 18.1 Å². The van der Waals surface area contributed by atoms with E-state index in [2.05, 4.69) is 27.8 Å². The second-order valence-corrected chi connectivity index (χ2v) is 13.2. The number of fused-ring (bicyclic) bond motifs is 9. The Bertz CT molecular complexity index is 1970. The van der Waals surface area contributed by atoms with Gasteiger partial charge in [-0.05, 0) is 56.5 Å². The third-order valence-electron chi connectivity index (χ3n) is 10.5. The molecule has 51 heavy (non-hydrogen) atoms. The summed E-state index contributed by atoms with van der Waals surface area (Å²) < 4.78 is 28.9. The van der Waals surface area contributed by atoms with Gasteiger partial charge in [0.25, 0.3) is 0 Å². The fraction of sp³-hybridized carbons (Fsp3) is 0.359. The second-order valence-electron chi connectivity index (χ2n) is 13.2. The van der Waals surface area contributed by atoms with Gasteiger partial charge in [0.2, 0.25) is 12.7 Å². The van der Waals surface area contributed by atoms with E-state index in [4.69, 9.17) is 23.7 Å². The van der Waals surface area contributed by atoms with E-state index < -0.39 is 30.3 Å². The van der Waals surface area contributed by atoms with Crippen LogP contribution in [0, 0.1) is 25.2 Å². The van der Waals surface area contributed by atoms with Gasteiger partial charge in [-0.1, -0.05) is 49.1 Å². The number of phenols is 1. The first-order valence-electron chi connectivity index (χ1n) is 16.9. The van der Waals surface area contributed by atoms with Crippen molar-refractivity contribution in [2.45, 2.75) is 56.9 Å². The first kappa shape index (κ1) is 34.0. The molecular weight excluding hydrogens is 652 g/mol. The lowest BCUT2D eigenvalue weighted by Crippen LogP contribution is -2.68. The Morgan fingerprint density at radius 1 is 1.12 bits per heavy atom. The first-order valence-corrected chi connectivity index (χ1v) is 16.9. The number of phenolic OH excluding ortho intramolecular Hbond substituents is 1. The highest BCUT2D eigenvalue weighted by Crippen LogP contribution is 2.58. The third-order valence-corrected chi connectivity index (χ3v) is 10.5. The number of benzene rings is 3. The van der Waals surface area contributed by atoms with Crippen molar-refractivity contribution in [3.63, 3.8) is 0 Å². The number of nitriles is 1. The maximum absolute atomic E-state index is 13.4. The number of rotatable bonds is 8. The summed E-state index contributed by atoms with van der Waals surface area (Å²) in [6.45, 7) is 7.30. The monoisotopic (exact) mass is 692 g/mol. The molecule has 2 N–H and O–H groups in total. The van der Waals surface area contributed by atoms with Gasteiger partial charge in [-0.2, -0.15) is 5.26 Å². The van der Waals surface area contributed by atoms with Gasteiger partial charge in [0.15, 0.2) is 23.0 Å². The van der Waals surface area contributed by atoms with Crippen LogP contribution in [-0.2, 0) is 22.4 Å². The molecule has 1 amide bonds. The predicted molar refractivity (Wildman–Crippen MR) is 187 cm³/mol. The molecule has 5 atom stereocenters. The van der Waals surface area contributed by atoms with E-state index in [0.29, 0.717) is 46.8 Å². The molecule has 3 aromatic rings. The summed E-state index contributed by atoms with van der Waals surface area (Å²) in [6, 6.07) is 11.8. The number of nitrogens with zero attached hydrogens (tertiary/aromatic N) is 3.